The molecule has 1 N–H and O–H groups in total. The van der Waals surface area contributed by atoms with Crippen molar-refractivity contribution in [3.05, 3.63) is 0 Å². The molecule has 0 aliphatic carbocycles. The van der Waals surface area contributed by atoms with Crippen molar-refractivity contribution in [1.82, 2.24) is 10.2 Å². The van der Waals surface area contributed by atoms with Crippen LogP contribution in [0.3, 0.4) is 0 Å². The first-order valence-corrected chi connectivity index (χ1v) is 8.80. The summed E-state index contributed by atoms with van der Waals surface area (Å²) in [4.78, 5) is 18.1. The van der Waals surface area contributed by atoms with Gasteiger partial charge in [-0.3, -0.25) is 9.79 Å². The molecule has 0 rings (SSSR count). The van der Waals surface area contributed by atoms with Crippen LogP contribution in [0, 0.1) is 0 Å². The fourth-order valence-corrected chi connectivity index (χ4v) is 2.12. The van der Waals surface area contributed by atoms with Crippen LogP contribution in [-0.2, 0) is 9.53 Å². The Morgan fingerprint density at radius 1 is 1.09 bits per heavy atom. The van der Waals surface area contributed by atoms with Crippen molar-refractivity contribution in [1.29, 1.82) is 0 Å². The standard InChI is InChI=1S/C17H35N3O2.HI/c1-5-8-15-20(4)17(18-6-2)19-14-12-10-9-11-13-16(21)22-7-3;/h5-15H2,1-4H3,(H,18,19);1H. The van der Waals surface area contributed by atoms with E-state index < -0.39 is 0 Å². The van der Waals surface area contributed by atoms with E-state index in [2.05, 4.69) is 36.1 Å². The average molecular weight is 441 g/mol. The number of guanidine groups is 1. The van der Waals surface area contributed by atoms with Crippen LogP contribution in [-0.4, -0.2) is 50.1 Å². The number of carbonyl (C=O) groups excluding carboxylic acids is 1. The van der Waals surface area contributed by atoms with E-state index in [9.17, 15) is 4.79 Å². The maximum Gasteiger partial charge on any atom is 0.305 e. The maximum absolute atomic E-state index is 11.2. The molecule has 0 fully saturated rings. The number of carbonyl (C=O) groups is 1. The molecule has 0 heterocycles. The number of aliphatic imine (C=N–C) groups is 1. The maximum atomic E-state index is 11.2. The number of unbranched alkanes of at least 4 members (excludes halogenated alkanes) is 4. The molecule has 0 radical (unpaired) electrons. The molecule has 0 spiro atoms. The Morgan fingerprint density at radius 2 is 1.78 bits per heavy atom. The zero-order valence-electron chi connectivity index (χ0n) is 15.4. The molecule has 0 amide bonds. The van der Waals surface area contributed by atoms with Crippen LogP contribution >= 0.6 is 24.0 Å². The summed E-state index contributed by atoms with van der Waals surface area (Å²) in [6.07, 6.45) is 7.09. The Hall–Kier alpha value is -0.530. The van der Waals surface area contributed by atoms with E-state index in [1.54, 1.807) is 0 Å². The van der Waals surface area contributed by atoms with Gasteiger partial charge in [0, 0.05) is 33.1 Å². The first kappa shape index (κ1) is 24.7. The molecule has 6 heteroatoms. The lowest BCUT2D eigenvalue weighted by molar-refractivity contribution is -0.143. The molecular formula is C17H36IN3O2. The second-order valence-electron chi connectivity index (χ2n) is 5.48. The van der Waals surface area contributed by atoms with Crippen molar-refractivity contribution in [2.75, 3.05) is 33.3 Å². The van der Waals surface area contributed by atoms with Crippen molar-refractivity contribution in [2.24, 2.45) is 4.99 Å². The lowest BCUT2D eigenvalue weighted by Gasteiger charge is -2.21. The minimum Gasteiger partial charge on any atom is -0.466 e. The Balaban J connectivity index is 0. The van der Waals surface area contributed by atoms with Crippen molar-refractivity contribution in [3.8, 4) is 0 Å². The lowest BCUT2D eigenvalue weighted by Crippen LogP contribution is -2.39. The fourth-order valence-electron chi connectivity index (χ4n) is 2.12. The van der Waals surface area contributed by atoms with Gasteiger partial charge in [0.1, 0.15) is 0 Å². The highest BCUT2D eigenvalue weighted by Gasteiger charge is 2.04. The van der Waals surface area contributed by atoms with Crippen molar-refractivity contribution in [3.63, 3.8) is 0 Å². The van der Waals surface area contributed by atoms with Crippen molar-refractivity contribution >= 4 is 35.9 Å². The number of hydrogen-bond donors (Lipinski definition) is 1. The summed E-state index contributed by atoms with van der Waals surface area (Å²) >= 11 is 0. The van der Waals surface area contributed by atoms with Crippen molar-refractivity contribution in [2.45, 2.75) is 65.7 Å². The third-order valence-electron chi connectivity index (χ3n) is 3.40. The molecule has 0 saturated heterocycles. The summed E-state index contributed by atoms with van der Waals surface area (Å²) in [7, 11) is 2.09. The summed E-state index contributed by atoms with van der Waals surface area (Å²) in [6, 6.07) is 0. The molecule has 138 valence electrons. The van der Waals surface area contributed by atoms with Gasteiger partial charge in [0.05, 0.1) is 6.61 Å². The van der Waals surface area contributed by atoms with Gasteiger partial charge in [-0.25, -0.2) is 0 Å². The summed E-state index contributed by atoms with van der Waals surface area (Å²) in [6.45, 7) is 9.41. The van der Waals surface area contributed by atoms with Crippen LogP contribution in [0.4, 0.5) is 0 Å². The highest BCUT2D eigenvalue weighted by Crippen LogP contribution is 2.04. The summed E-state index contributed by atoms with van der Waals surface area (Å²) < 4.78 is 4.91. The van der Waals surface area contributed by atoms with E-state index >= 15 is 0 Å². The minimum atomic E-state index is -0.0764. The molecule has 0 aromatic rings. The number of halogens is 1. The third kappa shape index (κ3) is 14.8. The van der Waals surface area contributed by atoms with Gasteiger partial charge < -0.3 is 15.0 Å². The lowest BCUT2D eigenvalue weighted by atomic mass is 10.1. The van der Waals surface area contributed by atoms with E-state index in [1.165, 1.54) is 12.8 Å². The Kier molecular flexibility index (Phi) is 19.1. The Bertz CT molecular complexity index is 312. The van der Waals surface area contributed by atoms with E-state index in [0.717, 1.165) is 51.3 Å². The smallest absolute Gasteiger partial charge is 0.305 e. The highest BCUT2D eigenvalue weighted by atomic mass is 127. The quantitative estimate of drug-likeness (QED) is 0.165. The summed E-state index contributed by atoms with van der Waals surface area (Å²) in [5, 5.41) is 3.34. The Morgan fingerprint density at radius 3 is 2.39 bits per heavy atom. The highest BCUT2D eigenvalue weighted by molar-refractivity contribution is 14.0. The number of rotatable bonds is 12. The summed E-state index contributed by atoms with van der Waals surface area (Å²) in [5.74, 6) is 0.926. The molecule has 5 nitrogen and oxygen atoms in total. The molecule has 23 heavy (non-hydrogen) atoms. The largest absolute Gasteiger partial charge is 0.466 e. The predicted molar refractivity (Wildman–Crippen MR) is 109 cm³/mol. The van der Waals surface area contributed by atoms with Gasteiger partial charge in [-0.1, -0.05) is 26.2 Å². The minimum absolute atomic E-state index is 0. The van der Waals surface area contributed by atoms with Gasteiger partial charge in [0.2, 0.25) is 0 Å². The number of hydrogen-bond acceptors (Lipinski definition) is 3. The number of ether oxygens (including phenoxy) is 1. The molecule has 0 aromatic carbocycles. The molecular weight excluding hydrogens is 405 g/mol. The van der Waals surface area contributed by atoms with Gasteiger partial charge in [-0.05, 0) is 33.1 Å². The predicted octanol–water partition coefficient (Wildman–Crippen LogP) is 3.82. The third-order valence-corrected chi connectivity index (χ3v) is 3.40. The van der Waals surface area contributed by atoms with Gasteiger partial charge in [-0.2, -0.15) is 0 Å². The first-order chi connectivity index (χ1) is 10.7. The second kappa shape index (κ2) is 17.8. The molecule has 0 bridgehead atoms. The zero-order chi connectivity index (χ0) is 16.6. The van der Waals surface area contributed by atoms with Crippen molar-refractivity contribution < 1.29 is 9.53 Å². The van der Waals surface area contributed by atoms with Crippen LogP contribution in [0.2, 0.25) is 0 Å². The van der Waals surface area contributed by atoms with E-state index in [0.29, 0.717) is 13.0 Å². The normalized spacial score (nSPS) is 10.9. The number of nitrogens with one attached hydrogen (secondary N) is 1. The van der Waals surface area contributed by atoms with Gasteiger partial charge in [0.25, 0.3) is 0 Å². The Labute approximate surface area is 159 Å². The van der Waals surface area contributed by atoms with Crippen LogP contribution in [0.25, 0.3) is 0 Å². The average Bonchev–Trinajstić information content (AvgIpc) is 2.50. The van der Waals surface area contributed by atoms with Gasteiger partial charge in [0.15, 0.2) is 5.96 Å². The molecule has 0 unspecified atom stereocenters. The van der Waals surface area contributed by atoms with E-state index in [-0.39, 0.29) is 29.9 Å². The van der Waals surface area contributed by atoms with Crippen LogP contribution in [0.15, 0.2) is 4.99 Å². The molecule has 0 atom stereocenters. The fraction of sp³-hybridized carbons (Fsp3) is 0.882. The first-order valence-electron chi connectivity index (χ1n) is 8.80. The zero-order valence-corrected chi connectivity index (χ0v) is 17.7. The van der Waals surface area contributed by atoms with Gasteiger partial charge >= 0.3 is 5.97 Å². The molecule has 0 saturated carbocycles. The number of nitrogens with zero attached hydrogens (tertiary/aromatic N) is 2. The number of esters is 1. The van der Waals surface area contributed by atoms with E-state index in [1.807, 2.05) is 6.92 Å². The second-order valence-corrected chi connectivity index (χ2v) is 5.48. The topological polar surface area (TPSA) is 53.9 Å². The van der Waals surface area contributed by atoms with Gasteiger partial charge in [-0.15, -0.1) is 24.0 Å². The molecule has 0 aliphatic heterocycles. The summed E-state index contributed by atoms with van der Waals surface area (Å²) in [5.41, 5.74) is 0. The van der Waals surface area contributed by atoms with Crippen LogP contribution < -0.4 is 5.32 Å². The van der Waals surface area contributed by atoms with E-state index in [4.69, 9.17) is 4.74 Å². The SMILES string of the molecule is CCCCN(C)C(=NCCCCCCC(=O)OCC)NCC.I. The molecule has 0 aromatic heterocycles. The van der Waals surface area contributed by atoms with Crippen LogP contribution in [0.5, 0.6) is 0 Å². The molecule has 0 aliphatic rings. The van der Waals surface area contributed by atoms with Crippen LogP contribution in [0.1, 0.15) is 65.7 Å². The monoisotopic (exact) mass is 441 g/mol.